The quantitative estimate of drug-likeness (QED) is 0.786. The van der Waals surface area contributed by atoms with Crippen LogP contribution in [0.15, 0.2) is 27.3 Å². The van der Waals surface area contributed by atoms with Gasteiger partial charge in [0.05, 0.1) is 17.3 Å². The summed E-state index contributed by atoms with van der Waals surface area (Å²) in [5.74, 6) is 1.47. The summed E-state index contributed by atoms with van der Waals surface area (Å²) >= 11 is 9.50. The maximum atomic E-state index is 12.7. The third kappa shape index (κ3) is 2.40. The summed E-state index contributed by atoms with van der Waals surface area (Å²) in [6, 6.07) is 3.50. The zero-order valence-electron chi connectivity index (χ0n) is 11.5. The van der Waals surface area contributed by atoms with Crippen LogP contribution in [0, 0.1) is 0 Å². The molecule has 0 atom stereocenters. The fraction of sp³-hybridized carbons (Fsp3) is 0.333. The second kappa shape index (κ2) is 5.28. The van der Waals surface area contributed by atoms with Gasteiger partial charge in [0, 0.05) is 10.4 Å². The van der Waals surface area contributed by atoms with Crippen molar-refractivity contribution < 1.29 is 13.9 Å². The molecular formula is C15H12BrClN2O3. The van der Waals surface area contributed by atoms with Gasteiger partial charge >= 0.3 is 0 Å². The standard InChI is InChI=1S/C15H12BrClN2O3/c16-9-5-13-12(6-10(9)17)19(3-4-21-13)15(20)11-7-22-14(18-11)8-1-2-8/h5-8H,1-4H2. The molecule has 7 heteroatoms. The van der Waals surface area contributed by atoms with Crippen LogP contribution in [0.4, 0.5) is 5.69 Å². The van der Waals surface area contributed by atoms with Crippen LogP contribution in [0.1, 0.15) is 35.1 Å². The SMILES string of the molecule is O=C(c1coc(C2CC2)n1)N1CCOc2cc(Br)c(Cl)cc21. The molecule has 1 fully saturated rings. The van der Waals surface area contributed by atoms with Gasteiger partial charge in [-0.15, -0.1) is 0 Å². The highest BCUT2D eigenvalue weighted by molar-refractivity contribution is 9.10. The lowest BCUT2D eigenvalue weighted by atomic mass is 10.2. The Morgan fingerprint density at radius 1 is 1.41 bits per heavy atom. The number of hydrogen-bond acceptors (Lipinski definition) is 4. The van der Waals surface area contributed by atoms with Crippen LogP contribution >= 0.6 is 27.5 Å². The molecular weight excluding hydrogens is 372 g/mol. The van der Waals surface area contributed by atoms with Gasteiger partial charge in [-0.1, -0.05) is 11.6 Å². The summed E-state index contributed by atoms with van der Waals surface area (Å²) in [5, 5.41) is 0.529. The average Bonchev–Trinajstić information content (AvgIpc) is 3.25. The predicted octanol–water partition coefficient (Wildman–Crippen LogP) is 4.01. The Bertz CT molecular complexity index is 757. The van der Waals surface area contributed by atoms with E-state index in [1.165, 1.54) is 6.26 Å². The van der Waals surface area contributed by atoms with Gasteiger partial charge in [0.15, 0.2) is 11.6 Å². The summed E-state index contributed by atoms with van der Waals surface area (Å²) in [4.78, 5) is 18.7. The Morgan fingerprint density at radius 2 is 2.23 bits per heavy atom. The normalized spacial score (nSPS) is 17.1. The molecule has 4 rings (SSSR count). The molecule has 5 nitrogen and oxygen atoms in total. The second-order valence-electron chi connectivity index (χ2n) is 5.38. The smallest absolute Gasteiger partial charge is 0.280 e. The molecule has 1 amide bonds. The zero-order valence-corrected chi connectivity index (χ0v) is 13.9. The van der Waals surface area contributed by atoms with Crippen LogP contribution in [0.3, 0.4) is 0 Å². The minimum absolute atomic E-state index is 0.196. The molecule has 1 aromatic heterocycles. The van der Waals surface area contributed by atoms with Crippen molar-refractivity contribution in [3.63, 3.8) is 0 Å². The van der Waals surface area contributed by atoms with E-state index in [1.54, 1.807) is 17.0 Å². The molecule has 0 bridgehead atoms. The van der Waals surface area contributed by atoms with Crippen molar-refractivity contribution in [1.82, 2.24) is 4.98 Å². The number of anilines is 1. The molecule has 1 aliphatic heterocycles. The Hall–Kier alpha value is -1.53. The lowest BCUT2D eigenvalue weighted by molar-refractivity contribution is 0.0971. The minimum atomic E-state index is -0.196. The Kier molecular flexibility index (Phi) is 3.38. The van der Waals surface area contributed by atoms with Gasteiger partial charge in [-0.2, -0.15) is 0 Å². The van der Waals surface area contributed by atoms with Crippen LogP contribution in [0.5, 0.6) is 5.75 Å². The summed E-state index contributed by atoms with van der Waals surface area (Å²) in [5.41, 5.74) is 0.981. The summed E-state index contributed by atoms with van der Waals surface area (Å²) in [6.07, 6.45) is 3.60. The highest BCUT2D eigenvalue weighted by Gasteiger charge is 2.32. The maximum absolute atomic E-state index is 12.7. The van der Waals surface area contributed by atoms with Crippen molar-refractivity contribution in [2.75, 3.05) is 18.1 Å². The van der Waals surface area contributed by atoms with Gasteiger partial charge in [0.25, 0.3) is 5.91 Å². The van der Waals surface area contributed by atoms with E-state index in [0.717, 1.165) is 17.3 Å². The monoisotopic (exact) mass is 382 g/mol. The number of nitrogens with zero attached hydrogens (tertiary/aromatic N) is 2. The third-order valence-electron chi connectivity index (χ3n) is 3.78. The van der Waals surface area contributed by atoms with Crippen molar-refractivity contribution in [3.8, 4) is 5.75 Å². The summed E-state index contributed by atoms with van der Waals surface area (Å²) in [7, 11) is 0. The molecule has 0 unspecified atom stereocenters. The third-order valence-corrected chi connectivity index (χ3v) is 4.98. The minimum Gasteiger partial charge on any atom is -0.489 e. The van der Waals surface area contributed by atoms with E-state index < -0.39 is 0 Å². The van der Waals surface area contributed by atoms with E-state index in [0.29, 0.717) is 47.1 Å². The molecule has 0 N–H and O–H groups in total. The Labute approximate surface area is 140 Å². The molecule has 0 saturated heterocycles. The summed E-state index contributed by atoms with van der Waals surface area (Å²) < 4.78 is 11.7. The number of fused-ring (bicyclic) bond motifs is 1. The van der Waals surface area contributed by atoms with Gasteiger partial charge < -0.3 is 9.15 Å². The van der Waals surface area contributed by atoms with Gasteiger partial charge in [0.1, 0.15) is 18.6 Å². The number of rotatable bonds is 2. The Balaban J connectivity index is 1.68. The predicted molar refractivity (Wildman–Crippen MR) is 84.8 cm³/mol. The number of ether oxygens (including phenoxy) is 1. The number of carbonyl (C=O) groups excluding carboxylic acids is 1. The number of halogens is 2. The van der Waals surface area contributed by atoms with Crippen molar-refractivity contribution in [3.05, 3.63) is 39.5 Å². The van der Waals surface area contributed by atoms with E-state index in [4.69, 9.17) is 20.8 Å². The topological polar surface area (TPSA) is 55.6 Å². The number of amides is 1. The number of oxazole rings is 1. The van der Waals surface area contributed by atoms with E-state index in [9.17, 15) is 4.79 Å². The average molecular weight is 384 g/mol. The van der Waals surface area contributed by atoms with Crippen molar-refractivity contribution in [1.29, 1.82) is 0 Å². The number of hydrogen-bond donors (Lipinski definition) is 0. The molecule has 1 aromatic carbocycles. The van der Waals surface area contributed by atoms with Crippen LogP contribution < -0.4 is 9.64 Å². The van der Waals surface area contributed by atoms with Crippen molar-refractivity contribution in [2.45, 2.75) is 18.8 Å². The van der Waals surface area contributed by atoms with Crippen molar-refractivity contribution >= 4 is 39.1 Å². The lowest BCUT2D eigenvalue weighted by Crippen LogP contribution is -2.38. The molecule has 1 saturated carbocycles. The van der Waals surface area contributed by atoms with Crippen LogP contribution in [-0.2, 0) is 0 Å². The van der Waals surface area contributed by atoms with Crippen LogP contribution in [0.2, 0.25) is 5.02 Å². The molecule has 2 heterocycles. The highest BCUT2D eigenvalue weighted by Crippen LogP contribution is 2.41. The van der Waals surface area contributed by atoms with E-state index in [-0.39, 0.29) is 5.91 Å². The molecule has 22 heavy (non-hydrogen) atoms. The van der Waals surface area contributed by atoms with Gasteiger partial charge in [-0.05, 0) is 40.9 Å². The first kappa shape index (κ1) is 14.1. The van der Waals surface area contributed by atoms with E-state index in [2.05, 4.69) is 20.9 Å². The van der Waals surface area contributed by atoms with Gasteiger partial charge in [0.2, 0.25) is 0 Å². The maximum Gasteiger partial charge on any atom is 0.280 e. The first-order chi connectivity index (χ1) is 10.6. The molecule has 0 radical (unpaired) electrons. The number of aromatic nitrogens is 1. The molecule has 114 valence electrons. The van der Waals surface area contributed by atoms with E-state index >= 15 is 0 Å². The number of carbonyl (C=O) groups is 1. The van der Waals surface area contributed by atoms with Crippen LogP contribution in [-0.4, -0.2) is 24.0 Å². The molecule has 2 aliphatic rings. The zero-order chi connectivity index (χ0) is 15.3. The lowest BCUT2D eigenvalue weighted by Gasteiger charge is -2.29. The fourth-order valence-corrected chi connectivity index (χ4v) is 2.95. The fourth-order valence-electron chi connectivity index (χ4n) is 2.46. The Morgan fingerprint density at radius 3 is 3.00 bits per heavy atom. The van der Waals surface area contributed by atoms with E-state index in [1.807, 2.05) is 0 Å². The largest absolute Gasteiger partial charge is 0.489 e. The molecule has 1 aliphatic carbocycles. The van der Waals surface area contributed by atoms with Gasteiger partial charge in [-0.3, -0.25) is 9.69 Å². The van der Waals surface area contributed by atoms with Gasteiger partial charge in [-0.25, -0.2) is 4.98 Å². The number of benzene rings is 1. The summed E-state index contributed by atoms with van der Waals surface area (Å²) in [6.45, 7) is 0.884. The molecule has 2 aromatic rings. The molecule has 0 spiro atoms. The van der Waals surface area contributed by atoms with Crippen molar-refractivity contribution in [2.24, 2.45) is 0 Å². The first-order valence-electron chi connectivity index (χ1n) is 7.02. The van der Waals surface area contributed by atoms with Crippen LogP contribution in [0.25, 0.3) is 0 Å². The first-order valence-corrected chi connectivity index (χ1v) is 8.19. The highest BCUT2D eigenvalue weighted by atomic mass is 79.9. The second-order valence-corrected chi connectivity index (χ2v) is 6.65.